The van der Waals surface area contributed by atoms with E-state index in [1.165, 1.54) is 4.68 Å². The van der Waals surface area contributed by atoms with Crippen molar-refractivity contribution in [3.8, 4) is 11.6 Å². The highest BCUT2D eigenvalue weighted by molar-refractivity contribution is 6.53. The van der Waals surface area contributed by atoms with Crippen molar-refractivity contribution < 1.29 is 9.53 Å². The monoisotopic (exact) mass is 284 g/mol. The van der Waals surface area contributed by atoms with Crippen LogP contribution in [0.4, 0.5) is 0 Å². The maximum absolute atomic E-state index is 11.4. The van der Waals surface area contributed by atoms with Crippen molar-refractivity contribution in [2.24, 2.45) is 0 Å². The quantitative estimate of drug-likeness (QED) is 0.643. The molecule has 4 nitrogen and oxygen atoms in total. The van der Waals surface area contributed by atoms with Crippen LogP contribution in [0.2, 0.25) is 0 Å². The maximum Gasteiger partial charge on any atom is 0.346 e. The zero-order valence-electron chi connectivity index (χ0n) is 9.51. The van der Waals surface area contributed by atoms with E-state index in [1.54, 1.807) is 13.0 Å². The smallest absolute Gasteiger partial charge is 0.346 e. The summed E-state index contributed by atoms with van der Waals surface area (Å²) in [5.74, 6) is -0.439. The lowest BCUT2D eigenvalue weighted by Crippen LogP contribution is -2.17. The summed E-state index contributed by atoms with van der Waals surface area (Å²) in [4.78, 5) is 10.2. The minimum Gasteiger partial charge on any atom is -0.405 e. The minimum atomic E-state index is -1.22. The van der Waals surface area contributed by atoms with Gasteiger partial charge in [0, 0.05) is 6.07 Å². The Morgan fingerprint density at radius 2 is 2.00 bits per heavy atom. The molecule has 0 aliphatic heterocycles. The van der Waals surface area contributed by atoms with Gasteiger partial charge in [-0.2, -0.15) is 5.10 Å². The van der Waals surface area contributed by atoms with Gasteiger partial charge in [0.05, 0.1) is 11.4 Å². The largest absolute Gasteiger partial charge is 0.405 e. The lowest BCUT2D eigenvalue weighted by atomic mass is 10.3. The molecule has 6 heteroatoms. The molecule has 2 rings (SSSR count). The molecule has 0 fully saturated rings. The van der Waals surface area contributed by atoms with Gasteiger partial charge in [-0.3, -0.25) is 0 Å². The van der Waals surface area contributed by atoms with E-state index in [-0.39, 0.29) is 5.88 Å². The highest BCUT2D eigenvalue weighted by Crippen LogP contribution is 2.20. The van der Waals surface area contributed by atoms with Crippen LogP contribution in [0, 0.1) is 6.92 Å². The molecule has 1 aromatic carbocycles. The Kier molecular flexibility index (Phi) is 3.89. The lowest BCUT2D eigenvalue weighted by Gasteiger charge is -2.07. The number of halogens is 2. The Morgan fingerprint density at radius 1 is 1.33 bits per heavy atom. The molecular formula is C12H10Cl2N2O2. The van der Waals surface area contributed by atoms with Gasteiger partial charge >= 0.3 is 5.97 Å². The van der Waals surface area contributed by atoms with Crippen molar-refractivity contribution in [1.29, 1.82) is 0 Å². The average molecular weight is 285 g/mol. The molecule has 18 heavy (non-hydrogen) atoms. The molecule has 0 N–H and O–H groups in total. The first-order chi connectivity index (χ1) is 8.58. The second-order valence-corrected chi connectivity index (χ2v) is 4.69. The zero-order chi connectivity index (χ0) is 13.1. The molecule has 2 aromatic rings. The normalized spacial score (nSPS) is 10.7. The van der Waals surface area contributed by atoms with Gasteiger partial charge in [0.2, 0.25) is 10.7 Å². The summed E-state index contributed by atoms with van der Waals surface area (Å²) in [6, 6.07) is 11.0. The van der Waals surface area contributed by atoms with Gasteiger partial charge in [0.25, 0.3) is 0 Å². The number of carbonyl (C=O) groups excluding carboxylic acids is 1. The maximum atomic E-state index is 11.4. The van der Waals surface area contributed by atoms with Crippen LogP contribution in [0.25, 0.3) is 5.69 Å². The average Bonchev–Trinajstić information content (AvgIpc) is 2.71. The highest BCUT2D eigenvalue weighted by Gasteiger charge is 2.18. The summed E-state index contributed by atoms with van der Waals surface area (Å²) in [7, 11) is 0. The Hall–Kier alpha value is -1.52. The van der Waals surface area contributed by atoms with Crippen LogP contribution in [0.1, 0.15) is 5.69 Å². The number of hydrogen-bond donors (Lipinski definition) is 0. The predicted octanol–water partition coefficient (Wildman–Crippen LogP) is 2.89. The van der Waals surface area contributed by atoms with Crippen LogP contribution in [0.15, 0.2) is 36.4 Å². The fourth-order valence-corrected chi connectivity index (χ4v) is 1.54. The van der Waals surface area contributed by atoms with Crippen molar-refractivity contribution in [1.82, 2.24) is 9.78 Å². The Morgan fingerprint density at radius 3 is 2.61 bits per heavy atom. The predicted molar refractivity (Wildman–Crippen MR) is 69.4 cm³/mol. The van der Waals surface area contributed by atoms with Crippen LogP contribution in [0.3, 0.4) is 0 Å². The van der Waals surface area contributed by atoms with E-state index in [4.69, 9.17) is 27.9 Å². The molecule has 0 amide bonds. The topological polar surface area (TPSA) is 44.1 Å². The van der Waals surface area contributed by atoms with Crippen molar-refractivity contribution in [2.45, 2.75) is 11.8 Å². The fraction of sp³-hybridized carbons (Fsp3) is 0.167. The first kappa shape index (κ1) is 12.9. The molecule has 0 atom stereocenters. The van der Waals surface area contributed by atoms with Gasteiger partial charge in [0.15, 0.2) is 0 Å². The Bertz CT molecular complexity index is 552. The molecule has 0 radical (unpaired) electrons. The number of aromatic nitrogens is 2. The lowest BCUT2D eigenvalue weighted by molar-refractivity contribution is -0.132. The molecule has 0 spiro atoms. The summed E-state index contributed by atoms with van der Waals surface area (Å²) in [6.45, 7) is 1.80. The standard InChI is InChI=1S/C12H10Cl2N2O2/c1-8-7-10(18-12(17)11(13)14)16(15-8)9-5-3-2-4-6-9/h2-7,11H,1H3. The van der Waals surface area contributed by atoms with Gasteiger partial charge in [-0.1, -0.05) is 41.4 Å². The van der Waals surface area contributed by atoms with Crippen LogP contribution < -0.4 is 4.74 Å². The number of para-hydroxylation sites is 1. The zero-order valence-corrected chi connectivity index (χ0v) is 11.0. The first-order valence-electron chi connectivity index (χ1n) is 5.20. The SMILES string of the molecule is Cc1cc(OC(=O)C(Cl)Cl)n(-c2ccccc2)n1. The number of hydrogen-bond acceptors (Lipinski definition) is 3. The van der Waals surface area contributed by atoms with E-state index in [0.29, 0.717) is 0 Å². The van der Waals surface area contributed by atoms with Crippen LogP contribution >= 0.6 is 23.2 Å². The van der Waals surface area contributed by atoms with Gasteiger partial charge in [-0.15, -0.1) is 0 Å². The van der Waals surface area contributed by atoms with Gasteiger partial charge in [-0.05, 0) is 19.1 Å². The van der Waals surface area contributed by atoms with Gasteiger partial charge in [0.1, 0.15) is 0 Å². The second kappa shape index (κ2) is 5.42. The third-order valence-corrected chi connectivity index (χ3v) is 2.54. The van der Waals surface area contributed by atoms with E-state index < -0.39 is 10.8 Å². The highest BCUT2D eigenvalue weighted by atomic mass is 35.5. The molecular weight excluding hydrogens is 275 g/mol. The number of ether oxygens (including phenoxy) is 1. The van der Waals surface area contributed by atoms with Crippen molar-refractivity contribution in [2.75, 3.05) is 0 Å². The molecule has 0 bridgehead atoms. The van der Waals surface area contributed by atoms with Crippen molar-refractivity contribution >= 4 is 29.2 Å². The molecule has 0 saturated carbocycles. The molecule has 94 valence electrons. The number of benzene rings is 1. The van der Waals surface area contributed by atoms with Crippen molar-refractivity contribution in [3.05, 3.63) is 42.1 Å². The minimum absolute atomic E-state index is 0.287. The van der Waals surface area contributed by atoms with E-state index in [0.717, 1.165) is 11.4 Å². The van der Waals surface area contributed by atoms with E-state index in [9.17, 15) is 4.79 Å². The summed E-state index contributed by atoms with van der Waals surface area (Å²) < 4.78 is 6.60. The van der Waals surface area contributed by atoms with E-state index in [2.05, 4.69) is 5.10 Å². The summed E-state index contributed by atoms with van der Waals surface area (Å²) >= 11 is 10.9. The summed E-state index contributed by atoms with van der Waals surface area (Å²) in [5.41, 5.74) is 1.51. The molecule has 0 aliphatic rings. The van der Waals surface area contributed by atoms with Crippen LogP contribution in [0.5, 0.6) is 5.88 Å². The molecule has 0 unspecified atom stereocenters. The third-order valence-electron chi connectivity index (χ3n) is 2.18. The van der Waals surface area contributed by atoms with Crippen LogP contribution in [-0.4, -0.2) is 20.6 Å². The summed E-state index contributed by atoms with van der Waals surface area (Å²) in [5, 5.41) is 4.25. The number of nitrogens with zero attached hydrogens (tertiary/aromatic N) is 2. The number of esters is 1. The van der Waals surface area contributed by atoms with E-state index in [1.807, 2.05) is 30.3 Å². The van der Waals surface area contributed by atoms with Gasteiger partial charge in [-0.25, -0.2) is 9.48 Å². The van der Waals surface area contributed by atoms with Gasteiger partial charge < -0.3 is 4.74 Å². The number of rotatable bonds is 3. The number of aryl methyl sites for hydroxylation is 1. The summed E-state index contributed by atoms with van der Waals surface area (Å²) in [6.07, 6.45) is 0. The van der Waals surface area contributed by atoms with Crippen LogP contribution in [-0.2, 0) is 4.79 Å². The molecule has 0 saturated heterocycles. The molecule has 1 aromatic heterocycles. The number of carbonyl (C=O) groups is 1. The fourth-order valence-electron chi connectivity index (χ4n) is 1.45. The number of alkyl halides is 2. The third kappa shape index (κ3) is 2.83. The molecule has 1 heterocycles. The van der Waals surface area contributed by atoms with E-state index >= 15 is 0 Å². The second-order valence-electron chi connectivity index (χ2n) is 3.59. The Labute approximate surface area is 114 Å². The van der Waals surface area contributed by atoms with Crippen molar-refractivity contribution in [3.63, 3.8) is 0 Å². The Balaban J connectivity index is 2.35. The first-order valence-corrected chi connectivity index (χ1v) is 6.07. The molecule has 0 aliphatic carbocycles.